The maximum Gasteiger partial charge on any atom is 0.286 e. The predicted molar refractivity (Wildman–Crippen MR) is 97.5 cm³/mol. The second-order valence-electron chi connectivity index (χ2n) is 6.11. The average molecular weight is 346 g/mol. The zero-order valence-electron chi connectivity index (χ0n) is 14.2. The van der Waals surface area contributed by atoms with E-state index in [-0.39, 0.29) is 5.91 Å². The van der Waals surface area contributed by atoms with Crippen molar-refractivity contribution in [3.05, 3.63) is 28.7 Å². The molecular weight excluding hydrogens is 324 g/mol. The smallest absolute Gasteiger partial charge is 0.286 e. The third kappa shape index (κ3) is 3.59. The molecule has 3 rings (SSSR count). The van der Waals surface area contributed by atoms with Crippen LogP contribution in [0.2, 0.25) is 0 Å². The SMILES string of the molecule is COc1ccc(/C=C2\SC(N3CCC[C@H](C)C3)=NC2=O)c(OC)c1. The van der Waals surface area contributed by atoms with Crippen molar-refractivity contribution in [2.24, 2.45) is 10.9 Å². The minimum absolute atomic E-state index is 0.175. The number of aliphatic imine (C=N–C) groups is 1. The van der Waals surface area contributed by atoms with Crippen LogP contribution in [0, 0.1) is 5.92 Å². The van der Waals surface area contributed by atoms with Gasteiger partial charge in [-0.15, -0.1) is 0 Å². The van der Waals surface area contributed by atoms with Crippen molar-refractivity contribution in [3.63, 3.8) is 0 Å². The molecule has 1 fully saturated rings. The maximum atomic E-state index is 12.3. The van der Waals surface area contributed by atoms with Crippen molar-refractivity contribution < 1.29 is 14.3 Å². The van der Waals surface area contributed by atoms with Crippen LogP contribution in [0.4, 0.5) is 0 Å². The van der Waals surface area contributed by atoms with Gasteiger partial charge in [-0.25, -0.2) is 0 Å². The number of ether oxygens (including phenoxy) is 2. The van der Waals surface area contributed by atoms with Crippen LogP contribution >= 0.6 is 11.8 Å². The first-order chi connectivity index (χ1) is 11.6. The lowest BCUT2D eigenvalue weighted by Crippen LogP contribution is -2.37. The van der Waals surface area contributed by atoms with Crippen molar-refractivity contribution in [1.29, 1.82) is 0 Å². The number of amides is 1. The number of carbonyl (C=O) groups excluding carboxylic acids is 1. The van der Waals surface area contributed by atoms with E-state index in [1.807, 2.05) is 24.3 Å². The number of amidine groups is 1. The molecular formula is C18H22N2O3S. The maximum absolute atomic E-state index is 12.3. The second kappa shape index (κ2) is 7.30. The van der Waals surface area contributed by atoms with E-state index >= 15 is 0 Å². The molecule has 0 saturated carbocycles. The fraction of sp³-hybridized carbons (Fsp3) is 0.444. The Balaban J connectivity index is 1.79. The molecule has 2 aliphatic rings. The highest BCUT2D eigenvalue weighted by molar-refractivity contribution is 8.18. The minimum atomic E-state index is -0.175. The first kappa shape index (κ1) is 16.9. The van der Waals surface area contributed by atoms with Crippen LogP contribution < -0.4 is 9.47 Å². The van der Waals surface area contributed by atoms with E-state index in [9.17, 15) is 4.79 Å². The van der Waals surface area contributed by atoms with Crippen LogP contribution in [-0.4, -0.2) is 43.3 Å². The van der Waals surface area contributed by atoms with Crippen molar-refractivity contribution in [1.82, 2.24) is 4.90 Å². The van der Waals surface area contributed by atoms with E-state index < -0.39 is 0 Å². The van der Waals surface area contributed by atoms with E-state index in [1.165, 1.54) is 18.2 Å². The monoisotopic (exact) mass is 346 g/mol. The van der Waals surface area contributed by atoms with Crippen LogP contribution in [0.5, 0.6) is 11.5 Å². The van der Waals surface area contributed by atoms with Crippen LogP contribution in [0.15, 0.2) is 28.1 Å². The summed E-state index contributed by atoms with van der Waals surface area (Å²) in [4.78, 5) is 19.4. The van der Waals surface area contributed by atoms with Gasteiger partial charge in [-0.3, -0.25) is 4.79 Å². The van der Waals surface area contributed by atoms with E-state index in [0.717, 1.165) is 36.0 Å². The first-order valence-electron chi connectivity index (χ1n) is 8.10. The summed E-state index contributed by atoms with van der Waals surface area (Å²) in [6.45, 7) is 4.19. The molecule has 0 unspecified atom stereocenters. The van der Waals surface area contributed by atoms with Gasteiger partial charge in [0.2, 0.25) is 0 Å². The fourth-order valence-corrected chi connectivity index (χ4v) is 3.91. The topological polar surface area (TPSA) is 51.1 Å². The van der Waals surface area contributed by atoms with Gasteiger partial charge < -0.3 is 14.4 Å². The molecule has 1 saturated heterocycles. The summed E-state index contributed by atoms with van der Waals surface area (Å²) in [5, 5.41) is 0.824. The summed E-state index contributed by atoms with van der Waals surface area (Å²) < 4.78 is 10.6. The normalized spacial score (nSPS) is 22.7. The molecule has 24 heavy (non-hydrogen) atoms. The molecule has 128 valence electrons. The highest BCUT2D eigenvalue weighted by Crippen LogP contribution is 2.34. The Morgan fingerprint density at radius 2 is 2.17 bits per heavy atom. The van der Waals surface area contributed by atoms with Crippen LogP contribution in [0.25, 0.3) is 6.08 Å². The molecule has 1 aromatic rings. The molecule has 5 nitrogen and oxygen atoms in total. The molecule has 0 N–H and O–H groups in total. The Labute approximate surface area is 146 Å². The number of hydrogen-bond acceptors (Lipinski definition) is 5. The van der Waals surface area contributed by atoms with Crippen molar-refractivity contribution >= 4 is 28.9 Å². The first-order valence-corrected chi connectivity index (χ1v) is 8.92. The minimum Gasteiger partial charge on any atom is -0.497 e. The third-order valence-corrected chi connectivity index (χ3v) is 5.31. The van der Waals surface area contributed by atoms with E-state index in [4.69, 9.17) is 9.47 Å². The van der Waals surface area contributed by atoms with Gasteiger partial charge in [0.1, 0.15) is 11.5 Å². The molecule has 6 heteroatoms. The molecule has 0 spiro atoms. The summed E-state index contributed by atoms with van der Waals surface area (Å²) >= 11 is 1.45. The van der Waals surface area contributed by atoms with Gasteiger partial charge >= 0.3 is 0 Å². The van der Waals surface area contributed by atoms with Gasteiger partial charge in [-0.05, 0) is 48.7 Å². The number of thioether (sulfide) groups is 1. The average Bonchev–Trinajstić information content (AvgIpc) is 2.96. The Morgan fingerprint density at radius 3 is 2.88 bits per heavy atom. The Kier molecular flexibility index (Phi) is 5.14. The third-order valence-electron chi connectivity index (χ3n) is 4.26. The lowest BCUT2D eigenvalue weighted by Gasteiger charge is -2.31. The standard InChI is InChI=1S/C18H22N2O3S/c1-12-5-4-8-20(11-12)18-19-17(21)16(24-18)9-13-6-7-14(22-2)10-15(13)23-3/h6-7,9-10,12H,4-5,8,11H2,1-3H3/b16-9-/t12-/m0/s1. The lowest BCUT2D eigenvalue weighted by atomic mass is 10.0. The summed E-state index contributed by atoms with van der Waals surface area (Å²) in [6, 6.07) is 5.55. The molecule has 0 radical (unpaired) electrons. The Bertz CT molecular complexity index is 700. The van der Waals surface area contributed by atoms with Crippen molar-refractivity contribution in [2.45, 2.75) is 19.8 Å². The summed E-state index contributed by atoms with van der Waals surface area (Å²) in [7, 11) is 3.22. The van der Waals surface area contributed by atoms with Crippen molar-refractivity contribution in [2.75, 3.05) is 27.3 Å². The largest absolute Gasteiger partial charge is 0.497 e. The van der Waals surface area contributed by atoms with Crippen LogP contribution in [0.1, 0.15) is 25.3 Å². The Hall–Kier alpha value is -1.95. The van der Waals surface area contributed by atoms with Crippen molar-refractivity contribution in [3.8, 4) is 11.5 Å². The fourth-order valence-electron chi connectivity index (χ4n) is 2.98. The molecule has 1 atom stereocenters. The number of carbonyl (C=O) groups is 1. The van der Waals surface area contributed by atoms with Gasteiger partial charge in [0, 0.05) is 24.7 Å². The van der Waals surface area contributed by atoms with Crippen LogP contribution in [-0.2, 0) is 4.79 Å². The number of hydrogen-bond donors (Lipinski definition) is 0. The summed E-state index contributed by atoms with van der Waals surface area (Å²) in [5.74, 6) is 1.87. The number of likely N-dealkylation sites (tertiary alicyclic amines) is 1. The molecule has 0 aromatic heterocycles. The lowest BCUT2D eigenvalue weighted by molar-refractivity contribution is -0.113. The highest BCUT2D eigenvalue weighted by Gasteiger charge is 2.28. The molecule has 2 aliphatic heterocycles. The summed E-state index contributed by atoms with van der Waals surface area (Å²) in [5.41, 5.74) is 0.845. The quantitative estimate of drug-likeness (QED) is 0.785. The number of nitrogens with zero attached hydrogens (tertiary/aromatic N) is 2. The van der Waals surface area contributed by atoms with Gasteiger partial charge in [0.15, 0.2) is 5.17 Å². The highest BCUT2D eigenvalue weighted by atomic mass is 32.2. The molecule has 0 bridgehead atoms. The van der Waals surface area contributed by atoms with Gasteiger partial charge in [-0.1, -0.05) is 6.92 Å². The van der Waals surface area contributed by atoms with E-state index in [2.05, 4.69) is 16.8 Å². The van der Waals surface area contributed by atoms with E-state index in [1.54, 1.807) is 14.2 Å². The van der Waals surface area contributed by atoms with Gasteiger partial charge in [0.05, 0.1) is 19.1 Å². The molecule has 0 aliphatic carbocycles. The zero-order chi connectivity index (χ0) is 17.1. The van der Waals surface area contributed by atoms with Gasteiger partial charge in [0.25, 0.3) is 5.91 Å². The number of rotatable bonds is 3. The zero-order valence-corrected chi connectivity index (χ0v) is 15.1. The second-order valence-corrected chi connectivity index (χ2v) is 7.12. The van der Waals surface area contributed by atoms with Gasteiger partial charge in [-0.2, -0.15) is 4.99 Å². The molecule has 2 heterocycles. The number of benzene rings is 1. The molecule has 1 amide bonds. The number of methoxy groups -OCH3 is 2. The van der Waals surface area contributed by atoms with E-state index in [0.29, 0.717) is 16.6 Å². The number of piperidine rings is 1. The Morgan fingerprint density at radius 1 is 1.33 bits per heavy atom. The predicted octanol–water partition coefficient (Wildman–Crippen LogP) is 3.41. The molecule has 1 aromatic carbocycles. The summed E-state index contributed by atoms with van der Waals surface area (Å²) in [6.07, 6.45) is 4.24. The van der Waals surface area contributed by atoms with Crippen LogP contribution in [0.3, 0.4) is 0 Å².